The van der Waals surface area contributed by atoms with Crippen LogP contribution in [0.15, 0.2) is 12.5 Å². The second-order valence-corrected chi connectivity index (χ2v) is 6.24. The van der Waals surface area contributed by atoms with E-state index in [1.807, 2.05) is 6.33 Å². The number of nitrogens with zero attached hydrogens (tertiary/aromatic N) is 2. The van der Waals surface area contributed by atoms with Gasteiger partial charge in [0.15, 0.2) is 0 Å². The monoisotopic (exact) mass is 235 g/mol. The van der Waals surface area contributed by atoms with Crippen LogP contribution in [0.25, 0.3) is 0 Å². The minimum Gasteiger partial charge on any atom is -0.334 e. The number of imidazole rings is 1. The van der Waals surface area contributed by atoms with Crippen LogP contribution >= 0.6 is 0 Å². The third-order valence-corrected chi connectivity index (χ3v) is 3.91. The molecule has 1 N–H and O–H groups in total. The molecule has 3 heteroatoms. The summed E-state index contributed by atoms with van der Waals surface area (Å²) in [6.45, 7) is 9.94. The van der Waals surface area contributed by atoms with Crippen LogP contribution in [0.3, 0.4) is 0 Å². The summed E-state index contributed by atoms with van der Waals surface area (Å²) in [5, 5.41) is 3.41. The summed E-state index contributed by atoms with van der Waals surface area (Å²) < 4.78 is 2.32. The number of aromatic nitrogens is 2. The summed E-state index contributed by atoms with van der Waals surface area (Å²) in [5.74, 6) is 0. The first kappa shape index (κ1) is 12.6. The predicted molar refractivity (Wildman–Crippen MR) is 70.9 cm³/mol. The number of rotatable bonds is 4. The summed E-state index contributed by atoms with van der Waals surface area (Å²) in [6.07, 6.45) is 8.19. The quantitative estimate of drug-likeness (QED) is 0.869. The summed E-state index contributed by atoms with van der Waals surface area (Å²) in [5.41, 5.74) is 1.57. The maximum atomic E-state index is 4.50. The van der Waals surface area contributed by atoms with Gasteiger partial charge in [0, 0.05) is 24.8 Å². The Balaban J connectivity index is 2.03. The van der Waals surface area contributed by atoms with Crippen molar-refractivity contribution in [3.8, 4) is 0 Å². The first-order chi connectivity index (χ1) is 7.99. The van der Waals surface area contributed by atoms with Crippen molar-refractivity contribution in [3.63, 3.8) is 0 Å². The van der Waals surface area contributed by atoms with E-state index in [4.69, 9.17) is 0 Å². The van der Waals surface area contributed by atoms with Crippen LogP contribution in [-0.2, 0) is 6.54 Å². The number of hydrogen-bond donors (Lipinski definition) is 1. The van der Waals surface area contributed by atoms with Gasteiger partial charge in [-0.15, -0.1) is 0 Å². The van der Waals surface area contributed by atoms with Crippen LogP contribution in [0.4, 0.5) is 0 Å². The molecule has 1 saturated carbocycles. The Hall–Kier alpha value is -0.830. The molecular formula is C14H25N3. The highest BCUT2D eigenvalue weighted by molar-refractivity contribution is 5.01. The summed E-state index contributed by atoms with van der Waals surface area (Å²) >= 11 is 0. The topological polar surface area (TPSA) is 29.9 Å². The summed E-state index contributed by atoms with van der Waals surface area (Å²) in [6, 6.07) is 1.14. The van der Waals surface area contributed by atoms with Gasteiger partial charge in [-0.3, -0.25) is 0 Å². The average Bonchev–Trinajstić information content (AvgIpc) is 2.80. The van der Waals surface area contributed by atoms with E-state index in [9.17, 15) is 0 Å². The zero-order chi connectivity index (χ0) is 12.5. The molecule has 0 radical (unpaired) electrons. The molecule has 0 saturated heterocycles. The second-order valence-electron chi connectivity index (χ2n) is 6.24. The Morgan fingerprint density at radius 1 is 1.53 bits per heavy atom. The first-order valence-electron chi connectivity index (χ1n) is 6.75. The van der Waals surface area contributed by atoms with Crippen LogP contribution in [0.1, 0.15) is 58.7 Å². The van der Waals surface area contributed by atoms with Gasteiger partial charge in [-0.1, -0.05) is 34.1 Å². The summed E-state index contributed by atoms with van der Waals surface area (Å²) in [7, 11) is 0. The van der Waals surface area contributed by atoms with E-state index in [0.29, 0.717) is 17.5 Å². The fourth-order valence-corrected chi connectivity index (χ4v) is 2.81. The molecule has 1 fully saturated rings. The molecule has 1 unspecified atom stereocenters. The van der Waals surface area contributed by atoms with Crippen molar-refractivity contribution in [1.29, 1.82) is 0 Å². The molecule has 17 heavy (non-hydrogen) atoms. The molecule has 3 nitrogen and oxygen atoms in total. The van der Waals surface area contributed by atoms with E-state index in [0.717, 1.165) is 12.2 Å². The lowest BCUT2D eigenvalue weighted by Crippen LogP contribution is -2.22. The van der Waals surface area contributed by atoms with E-state index in [-0.39, 0.29) is 0 Å². The standard InChI is InChI=1S/C14H25N3/c1-11(2)15-8-12-9-17(10-16-12)13-6-5-7-14(13,3)4/h9-11,13,15H,5-8H2,1-4H3. The largest absolute Gasteiger partial charge is 0.334 e. The van der Waals surface area contributed by atoms with Gasteiger partial charge in [-0.05, 0) is 18.3 Å². The van der Waals surface area contributed by atoms with Crippen molar-refractivity contribution in [2.75, 3.05) is 0 Å². The van der Waals surface area contributed by atoms with Crippen LogP contribution in [0.5, 0.6) is 0 Å². The molecule has 1 aromatic rings. The van der Waals surface area contributed by atoms with Gasteiger partial charge in [0.05, 0.1) is 12.0 Å². The van der Waals surface area contributed by atoms with Crippen LogP contribution in [0, 0.1) is 5.41 Å². The SMILES string of the molecule is CC(C)NCc1cn(C2CCCC2(C)C)cn1. The molecule has 1 heterocycles. The Morgan fingerprint density at radius 3 is 2.88 bits per heavy atom. The zero-order valence-electron chi connectivity index (χ0n) is 11.5. The zero-order valence-corrected chi connectivity index (χ0v) is 11.5. The third-order valence-electron chi connectivity index (χ3n) is 3.91. The molecule has 2 rings (SSSR count). The van der Waals surface area contributed by atoms with Crippen molar-refractivity contribution >= 4 is 0 Å². The van der Waals surface area contributed by atoms with E-state index >= 15 is 0 Å². The lowest BCUT2D eigenvalue weighted by Gasteiger charge is -2.27. The molecule has 0 aliphatic heterocycles. The van der Waals surface area contributed by atoms with Gasteiger partial charge in [0.25, 0.3) is 0 Å². The van der Waals surface area contributed by atoms with Crippen molar-refractivity contribution in [1.82, 2.24) is 14.9 Å². The Bertz CT molecular complexity index is 365. The highest BCUT2D eigenvalue weighted by Gasteiger charge is 2.35. The maximum absolute atomic E-state index is 4.50. The second kappa shape index (κ2) is 4.81. The van der Waals surface area contributed by atoms with Gasteiger partial charge >= 0.3 is 0 Å². The molecule has 96 valence electrons. The van der Waals surface area contributed by atoms with Crippen LogP contribution in [0.2, 0.25) is 0 Å². The number of nitrogens with one attached hydrogen (secondary N) is 1. The lowest BCUT2D eigenvalue weighted by molar-refractivity contribution is 0.260. The van der Waals surface area contributed by atoms with Gasteiger partial charge in [-0.2, -0.15) is 0 Å². The van der Waals surface area contributed by atoms with Gasteiger partial charge in [-0.25, -0.2) is 4.98 Å². The summed E-state index contributed by atoms with van der Waals surface area (Å²) in [4.78, 5) is 4.50. The van der Waals surface area contributed by atoms with Crippen molar-refractivity contribution in [2.45, 2.75) is 65.6 Å². The lowest BCUT2D eigenvalue weighted by atomic mass is 9.87. The van der Waals surface area contributed by atoms with Crippen molar-refractivity contribution < 1.29 is 0 Å². The highest BCUT2D eigenvalue weighted by atomic mass is 15.1. The molecule has 1 aromatic heterocycles. The molecular weight excluding hydrogens is 210 g/mol. The molecule has 1 aliphatic carbocycles. The molecule has 0 bridgehead atoms. The van der Waals surface area contributed by atoms with Gasteiger partial charge in [0.2, 0.25) is 0 Å². The van der Waals surface area contributed by atoms with E-state index in [2.05, 4.69) is 48.8 Å². The normalized spacial score (nSPS) is 23.5. The minimum absolute atomic E-state index is 0.420. The van der Waals surface area contributed by atoms with E-state index in [1.165, 1.54) is 19.3 Å². The van der Waals surface area contributed by atoms with Gasteiger partial charge in [0.1, 0.15) is 0 Å². The van der Waals surface area contributed by atoms with Crippen molar-refractivity contribution in [2.24, 2.45) is 5.41 Å². The third kappa shape index (κ3) is 2.89. The van der Waals surface area contributed by atoms with Gasteiger partial charge < -0.3 is 9.88 Å². The fourth-order valence-electron chi connectivity index (χ4n) is 2.81. The Kier molecular flexibility index (Phi) is 3.57. The smallest absolute Gasteiger partial charge is 0.0952 e. The highest BCUT2D eigenvalue weighted by Crippen LogP contribution is 2.45. The average molecular weight is 235 g/mol. The predicted octanol–water partition coefficient (Wildman–Crippen LogP) is 3.13. The van der Waals surface area contributed by atoms with E-state index in [1.54, 1.807) is 0 Å². The molecule has 1 aliphatic rings. The number of hydrogen-bond acceptors (Lipinski definition) is 2. The Labute approximate surface area is 105 Å². The van der Waals surface area contributed by atoms with Crippen LogP contribution < -0.4 is 5.32 Å². The van der Waals surface area contributed by atoms with Crippen LogP contribution in [-0.4, -0.2) is 15.6 Å². The molecule has 1 atom stereocenters. The fraction of sp³-hybridized carbons (Fsp3) is 0.786. The Morgan fingerprint density at radius 2 is 2.29 bits per heavy atom. The first-order valence-corrected chi connectivity index (χ1v) is 6.75. The maximum Gasteiger partial charge on any atom is 0.0952 e. The minimum atomic E-state index is 0.420. The van der Waals surface area contributed by atoms with Crippen molar-refractivity contribution in [3.05, 3.63) is 18.2 Å². The molecule has 0 aromatic carbocycles. The molecule has 0 amide bonds. The van der Waals surface area contributed by atoms with E-state index < -0.39 is 0 Å². The molecule has 0 spiro atoms.